The SMILES string of the molecule is Cc1ccccc1N1CCNCC1c1cccc(-c2cccc(S(C)(=O)=O)c2)c1.Cl. The van der Waals surface area contributed by atoms with Gasteiger partial charge in [0, 0.05) is 31.6 Å². The lowest BCUT2D eigenvalue weighted by Gasteiger charge is -2.39. The standard InChI is InChI=1S/C24H26N2O2S.ClH/c1-18-7-3-4-12-23(18)26-14-13-25-17-24(26)21-10-5-8-19(15-21)20-9-6-11-22(16-20)29(2,27)28;/h3-12,15-16,24-25H,13-14,17H2,1-2H3;1H. The monoisotopic (exact) mass is 442 g/mol. The van der Waals surface area contributed by atoms with Crippen molar-refractivity contribution >= 4 is 27.9 Å². The lowest BCUT2D eigenvalue weighted by atomic mass is 9.96. The van der Waals surface area contributed by atoms with E-state index in [1.54, 1.807) is 18.2 Å². The van der Waals surface area contributed by atoms with Gasteiger partial charge in [-0.15, -0.1) is 12.4 Å². The van der Waals surface area contributed by atoms with Crippen molar-refractivity contribution < 1.29 is 8.42 Å². The maximum absolute atomic E-state index is 11.9. The van der Waals surface area contributed by atoms with Crippen LogP contribution in [0.5, 0.6) is 0 Å². The zero-order valence-electron chi connectivity index (χ0n) is 17.2. The molecule has 0 bridgehead atoms. The highest BCUT2D eigenvalue weighted by atomic mass is 35.5. The zero-order chi connectivity index (χ0) is 20.4. The second kappa shape index (κ2) is 9.21. The number of halogens is 1. The topological polar surface area (TPSA) is 49.4 Å². The molecule has 1 heterocycles. The Bertz CT molecular complexity index is 1130. The lowest BCUT2D eigenvalue weighted by molar-refractivity contribution is 0.489. The number of aryl methyl sites for hydroxylation is 1. The van der Waals surface area contributed by atoms with Crippen molar-refractivity contribution in [2.75, 3.05) is 30.8 Å². The predicted molar refractivity (Wildman–Crippen MR) is 126 cm³/mol. The van der Waals surface area contributed by atoms with Gasteiger partial charge in [0.1, 0.15) is 0 Å². The Morgan fingerprint density at radius 1 is 0.933 bits per heavy atom. The summed E-state index contributed by atoms with van der Waals surface area (Å²) in [5, 5.41) is 3.52. The van der Waals surface area contributed by atoms with Gasteiger partial charge in [-0.2, -0.15) is 0 Å². The summed E-state index contributed by atoms with van der Waals surface area (Å²) >= 11 is 0. The number of sulfone groups is 1. The molecule has 158 valence electrons. The van der Waals surface area contributed by atoms with Crippen LogP contribution in [0.1, 0.15) is 17.2 Å². The molecular formula is C24H27ClN2O2S. The quantitative estimate of drug-likeness (QED) is 0.639. The van der Waals surface area contributed by atoms with E-state index < -0.39 is 9.84 Å². The van der Waals surface area contributed by atoms with Gasteiger partial charge in [0.25, 0.3) is 0 Å². The van der Waals surface area contributed by atoms with E-state index >= 15 is 0 Å². The average molecular weight is 443 g/mol. The van der Waals surface area contributed by atoms with Gasteiger partial charge in [0.15, 0.2) is 9.84 Å². The third-order valence-electron chi connectivity index (χ3n) is 5.54. The minimum Gasteiger partial charge on any atom is -0.362 e. The number of nitrogens with zero attached hydrogens (tertiary/aromatic N) is 1. The Kier molecular flexibility index (Phi) is 6.86. The van der Waals surface area contributed by atoms with Gasteiger partial charge >= 0.3 is 0 Å². The molecule has 0 aliphatic carbocycles. The van der Waals surface area contributed by atoms with Crippen LogP contribution in [0, 0.1) is 6.92 Å². The molecule has 6 heteroatoms. The smallest absolute Gasteiger partial charge is 0.175 e. The summed E-state index contributed by atoms with van der Waals surface area (Å²) < 4.78 is 23.9. The molecule has 0 radical (unpaired) electrons. The fourth-order valence-corrected chi connectivity index (χ4v) is 4.67. The third-order valence-corrected chi connectivity index (χ3v) is 6.65. The molecule has 1 aliphatic rings. The first kappa shape index (κ1) is 22.3. The summed E-state index contributed by atoms with van der Waals surface area (Å²) in [6.07, 6.45) is 1.25. The molecule has 0 aromatic heterocycles. The summed E-state index contributed by atoms with van der Waals surface area (Å²) in [5.74, 6) is 0. The summed E-state index contributed by atoms with van der Waals surface area (Å²) in [7, 11) is -3.23. The van der Waals surface area contributed by atoms with Gasteiger partial charge in [-0.25, -0.2) is 8.42 Å². The Morgan fingerprint density at radius 3 is 2.37 bits per heavy atom. The Balaban J connectivity index is 0.00000256. The van der Waals surface area contributed by atoms with E-state index in [9.17, 15) is 8.42 Å². The largest absolute Gasteiger partial charge is 0.362 e. The highest BCUT2D eigenvalue weighted by molar-refractivity contribution is 7.90. The molecule has 1 saturated heterocycles. The van der Waals surface area contributed by atoms with E-state index in [1.165, 1.54) is 23.1 Å². The van der Waals surface area contributed by atoms with E-state index in [-0.39, 0.29) is 18.4 Å². The number of benzene rings is 3. The lowest BCUT2D eigenvalue weighted by Crippen LogP contribution is -2.46. The number of rotatable bonds is 4. The van der Waals surface area contributed by atoms with Crippen molar-refractivity contribution in [2.24, 2.45) is 0 Å². The summed E-state index contributed by atoms with van der Waals surface area (Å²) in [6, 6.07) is 24.3. The van der Waals surface area contributed by atoms with Crippen LogP contribution >= 0.6 is 12.4 Å². The van der Waals surface area contributed by atoms with Crippen LogP contribution in [0.15, 0.2) is 77.7 Å². The predicted octanol–water partition coefficient (Wildman–Crippen LogP) is 4.64. The van der Waals surface area contributed by atoms with E-state index in [1.807, 2.05) is 12.1 Å². The zero-order valence-corrected chi connectivity index (χ0v) is 18.8. The van der Waals surface area contributed by atoms with Crippen molar-refractivity contribution in [3.05, 3.63) is 83.9 Å². The number of para-hydroxylation sites is 1. The first-order valence-electron chi connectivity index (χ1n) is 9.87. The molecule has 0 spiro atoms. The molecule has 3 aromatic carbocycles. The highest BCUT2D eigenvalue weighted by Gasteiger charge is 2.25. The van der Waals surface area contributed by atoms with E-state index in [0.29, 0.717) is 4.90 Å². The summed E-state index contributed by atoms with van der Waals surface area (Å²) in [6.45, 7) is 4.94. The molecular weight excluding hydrogens is 416 g/mol. The van der Waals surface area contributed by atoms with Crippen LogP contribution in [-0.4, -0.2) is 34.3 Å². The van der Waals surface area contributed by atoms with E-state index in [0.717, 1.165) is 30.8 Å². The second-order valence-corrected chi connectivity index (χ2v) is 9.64. The van der Waals surface area contributed by atoms with Gasteiger partial charge in [0.05, 0.1) is 10.9 Å². The van der Waals surface area contributed by atoms with Crippen LogP contribution in [0.25, 0.3) is 11.1 Å². The number of anilines is 1. The van der Waals surface area contributed by atoms with Gasteiger partial charge in [-0.3, -0.25) is 0 Å². The van der Waals surface area contributed by atoms with Crippen molar-refractivity contribution in [3.63, 3.8) is 0 Å². The van der Waals surface area contributed by atoms with Crippen LogP contribution in [0.3, 0.4) is 0 Å². The minimum atomic E-state index is -3.23. The van der Waals surface area contributed by atoms with E-state index in [4.69, 9.17) is 0 Å². The highest BCUT2D eigenvalue weighted by Crippen LogP contribution is 2.33. The number of hydrogen-bond acceptors (Lipinski definition) is 4. The number of hydrogen-bond donors (Lipinski definition) is 1. The molecule has 0 amide bonds. The Labute approximate surface area is 185 Å². The fraction of sp³-hybridized carbons (Fsp3) is 0.250. The van der Waals surface area contributed by atoms with Gasteiger partial charge < -0.3 is 10.2 Å². The number of piperazine rings is 1. The maximum Gasteiger partial charge on any atom is 0.175 e. The Morgan fingerprint density at radius 2 is 1.63 bits per heavy atom. The first-order chi connectivity index (χ1) is 13.9. The first-order valence-corrected chi connectivity index (χ1v) is 11.8. The van der Waals surface area contributed by atoms with Gasteiger partial charge in [-0.1, -0.05) is 48.5 Å². The summed E-state index contributed by atoms with van der Waals surface area (Å²) in [4.78, 5) is 2.82. The third kappa shape index (κ3) is 4.69. The molecule has 1 fully saturated rings. The van der Waals surface area contributed by atoms with E-state index in [2.05, 4.69) is 59.6 Å². The van der Waals surface area contributed by atoms with Crippen molar-refractivity contribution in [1.82, 2.24) is 5.32 Å². The molecule has 4 rings (SSSR count). The van der Waals surface area contributed by atoms with Crippen molar-refractivity contribution in [3.8, 4) is 11.1 Å². The van der Waals surface area contributed by atoms with Crippen LogP contribution in [0.2, 0.25) is 0 Å². The molecule has 4 nitrogen and oxygen atoms in total. The molecule has 0 saturated carbocycles. The van der Waals surface area contributed by atoms with Crippen LogP contribution in [0.4, 0.5) is 5.69 Å². The van der Waals surface area contributed by atoms with Crippen LogP contribution in [-0.2, 0) is 9.84 Å². The fourth-order valence-electron chi connectivity index (χ4n) is 4.01. The van der Waals surface area contributed by atoms with Gasteiger partial charge in [0.2, 0.25) is 0 Å². The normalized spacial score (nSPS) is 16.7. The molecule has 1 aliphatic heterocycles. The molecule has 1 atom stereocenters. The number of nitrogens with one attached hydrogen (secondary N) is 1. The molecule has 3 aromatic rings. The summed E-state index contributed by atoms with van der Waals surface area (Å²) in [5.41, 5.74) is 5.71. The average Bonchev–Trinajstić information content (AvgIpc) is 2.74. The van der Waals surface area contributed by atoms with Gasteiger partial charge in [-0.05, 0) is 53.4 Å². The molecule has 1 N–H and O–H groups in total. The molecule has 1 unspecified atom stereocenters. The van der Waals surface area contributed by atoms with Crippen molar-refractivity contribution in [2.45, 2.75) is 17.9 Å². The maximum atomic E-state index is 11.9. The van der Waals surface area contributed by atoms with Crippen molar-refractivity contribution in [1.29, 1.82) is 0 Å². The van der Waals surface area contributed by atoms with Crippen LogP contribution < -0.4 is 10.2 Å². The second-order valence-electron chi connectivity index (χ2n) is 7.63. The molecule has 30 heavy (non-hydrogen) atoms. The Hall–Kier alpha value is -2.34. The minimum absolute atomic E-state index is 0.